The Morgan fingerprint density at radius 1 is 1.53 bits per heavy atom. The van der Waals surface area contributed by atoms with Crippen LogP contribution in [0.15, 0.2) is 16.7 Å². The van der Waals surface area contributed by atoms with Crippen LogP contribution in [-0.2, 0) is 11.3 Å². The molecular weight excluding hydrogens is 244 g/mol. The number of esters is 1. The van der Waals surface area contributed by atoms with Gasteiger partial charge in [0.2, 0.25) is 0 Å². The summed E-state index contributed by atoms with van der Waals surface area (Å²) in [5.41, 5.74) is 0.464. The van der Waals surface area contributed by atoms with Crippen LogP contribution in [0.1, 0.15) is 35.9 Å². The first-order valence-electron chi connectivity index (χ1n) is 6.80. The molecule has 1 atom stereocenters. The van der Waals surface area contributed by atoms with Crippen molar-refractivity contribution in [3.05, 3.63) is 23.7 Å². The lowest BCUT2D eigenvalue weighted by atomic mass is 10.3. The largest absolute Gasteiger partial charge is 0.467 e. The first-order valence-corrected chi connectivity index (χ1v) is 6.80. The van der Waals surface area contributed by atoms with Gasteiger partial charge in [-0.2, -0.15) is 0 Å². The van der Waals surface area contributed by atoms with Gasteiger partial charge in [0.25, 0.3) is 0 Å². The molecule has 0 saturated carbocycles. The quantitative estimate of drug-likeness (QED) is 0.793. The summed E-state index contributed by atoms with van der Waals surface area (Å²) >= 11 is 0. The van der Waals surface area contributed by atoms with E-state index in [1.54, 1.807) is 6.07 Å². The fourth-order valence-corrected chi connectivity index (χ4v) is 2.39. The van der Waals surface area contributed by atoms with Crippen molar-refractivity contribution in [2.24, 2.45) is 0 Å². The van der Waals surface area contributed by atoms with Crippen LogP contribution in [0.4, 0.5) is 0 Å². The topological polar surface area (TPSA) is 54.7 Å². The minimum absolute atomic E-state index is 0.361. The Kier molecular flexibility index (Phi) is 4.99. The number of hydrogen-bond acceptors (Lipinski definition) is 5. The summed E-state index contributed by atoms with van der Waals surface area (Å²) < 4.78 is 9.97. The van der Waals surface area contributed by atoms with Crippen LogP contribution in [0.25, 0.3) is 0 Å². The maximum Gasteiger partial charge on any atom is 0.341 e. The number of likely N-dealkylation sites (tertiary alicyclic amines) is 1. The highest BCUT2D eigenvalue weighted by Gasteiger charge is 2.15. The second-order valence-corrected chi connectivity index (χ2v) is 5.08. The number of rotatable bonds is 6. The van der Waals surface area contributed by atoms with Crippen LogP contribution in [0.5, 0.6) is 0 Å². The van der Waals surface area contributed by atoms with Crippen LogP contribution in [-0.4, -0.2) is 43.7 Å². The molecule has 1 aromatic heterocycles. The molecule has 0 amide bonds. The Hall–Kier alpha value is -1.33. The molecule has 2 heterocycles. The van der Waals surface area contributed by atoms with E-state index in [0.717, 1.165) is 12.3 Å². The van der Waals surface area contributed by atoms with Crippen LogP contribution in [0.2, 0.25) is 0 Å². The van der Waals surface area contributed by atoms with Gasteiger partial charge in [-0.05, 0) is 38.9 Å². The summed E-state index contributed by atoms with van der Waals surface area (Å²) in [5.74, 6) is 0.397. The van der Waals surface area contributed by atoms with E-state index >= 15 is 0 Å². The molecule has 1 saturated heterocycles. The normalized spacial score (nSPS) is 17.6. The van der Waals surface area contributed by atoms with Crippen molar-refractivity contribution >= 4 is 5.97 Å². The lowest BCUT2D eigenvalue weighted by molar-refractivity contribution is 0.0600. The van der Waals surface area contributed by atoms with E-state index in [1.165, 1.54) is 39.3 Å². The Labute approximate surface area is 113 Å². The smallest absolute Gasteiger partial charge is 0.341 e. The van der Waals surface area contributed by atoms with Gasteiger partial charge in [0.1, 0.15) is 12.0 Å². The van der Waals surface area contributed by atoms with Crippen molar-refractivity contribution in [3.63, 3.8) is 0 Å². The van der Waals surface area contributed by atoms with Crippen LogP contribution < -0.4 is 5.32 Å². The van der Waals surface area contributed by atoms with Gasteiger partial charge < -0.3 is 19.4 Å². The zero-order valence-electron chi connectivity index (χ0n) is 11.6. The standard InChI is InChI=1S/C14H22N2O3/c1-11(9-16-5-3-4-6-16)15-8-13-7-12(10-19-13)14(17)18-2/h7,10-11,15H,3-6,8-9H2,1-2H3. The first-order chi connectivity index (χ1) is 9.19. The van der Waals surface area contributed by atoms with Crippen molar-refractivity contribution in [1.29, 1.82) is 0 Å². The number of carbonyl (C=O) groups excluding carboxylic acids is 1. The fourth-order valence-electron chi connectivity index (χ4n) is 2.39. The number of carbonyl (C=O) groups is 1. The Morgan fingerprint density at radius 3 is 2.95 bits per heavy atom. The zero-order valence-corrected chi connectivity index (χ0v) is 11.6. The number of hydrogen-bond donors (Lipinski definition) is 1. The number of nitrogens with one attached hydrogen (secondary N) is 1. The molecule has 1 aliphatic heterocycles. The molecule has 106 valence electrons. The predicted octanol–water partition coefficient (Wildman–Crippen LogP) is 1.64. The highest BCUT2D eigenvalue weighted by atomic mass is 16.5. The molecule has 1 N–H and O–H groups in total. The monoisotopic (exact) mass is 266 g/mol. The van der Waals surface area contributed by atoms with Gasteiger partial charge in [0.05, 0.1) is 19.2 Å². The lowest BCUT2D eigenvalue weighted by Crippen LogP contribution is -2.37. The summed E-state index contributed by atoms with van der Waals surface area (Å²) in [5, 5.41) is 3.41. The van der Waals surface area contributed by atoms with Crippen molar-refractivity contribution < 1.29 is 13.9 Å². The highest BCUT2D eigenvalue weighted by molar-refractivity contribution is 5.88. The van der Waals surface area contributed by atoms with Gasteiger partial charge in [0, 0.05) is 12.6 Å². The van der Waals surface area contributed by atoms with E-state index in [1.807, 2.05) is 0 Å². The third-order valence-corrected chi connectivity index (χ3v) is 3.43. The summed E-state index contributed by atoms with van der Waals surface area (Å²) in [6, 6.07) is 2.13. The molecule has 19 heavy (non-hydrogen) atoms. The lowest BCUT2D eigenvalue weighted by Gasteiger charge is -2.20. The SMILES string of the molecule is COC(=O)c1coc(CNC(C)CN2CCCC2)c1. The summed E-state index contributed by atoms with van der Waals surface area (Å²) in [7, 11) is 1.37. The van der Waals surface area contributed by atoms with Crippen LogP contribution >= 0.6 is 0 Å². The molecule has 0 spiro atoms. The molecular formula is C14H22N2O3. The number of furan rings is 1. The van der Waals surface area contributed by atoms with Crippen LogP contribution in [0.3, 0.4) is 0 Å². The maximum atomic E-state index is 11.3. The molecule has 1 aliphatic rings. The fraction of sp³-hybridized carbons (Fsp3) is 0.643. The van der Waals surface area contributed by atoms with E-state index in [0.29, 0.717) is 18.2 Å². The molecule has 2 rings (SSSR count). The van der Waals surface area contributed by atoms with E-state index in [-0.39, 0.29) is 5.97 Å². The van der Waals surface area contributed by atoms with Gasteiger partial charge in [0.15, 0.2) is 0 Å². The van der Waals surface area contributed by atoms with E-state index in [9.17, 15) is 4.79 Å². The molecule has 0 aromatic carbocycles. The third kappa shape index (κ3) is 4.08. The van der Waals surface area contributed by atoms with Gasteiger partial charge in [-0.15, -0.1) is 0 Å². The minimum atomic E-state index is -0.361. The molecule has 1 unspecified atom stereocenters. The number of nitrogens with zero attached hydrogens (tertiary/aromatic N) is 1. The van der Waals surface area contributed by atoms with E-state index < -0.39 is 0 Å². The Balaban J connectivity index is 1.74. The van der Waals surface area contributed by atoms with Gasteiger partial charge >= 0.3 is 5.97 Å². The molecule has 0 aliphatic carbocycles. The maximum absolute atomic E-state index is 11.3. The molecule has 1 aromatic rings. The zero-order chi connectivity index (χ0) is 13.7. The number of ether oxygens (including phenoxy) is 1. The van der Waals surface area contributed by atoms with Crippen molar-refractivity contribution in [2.45, 2.75) is 32.4 Å². The Bertz CT molecular complexity index is 411. The van der Waals surface area contributed by atoms with E-state index in [4.69, 9.17) is 4.42 Å². The second-order valence-electron chi connectivity index (χ2n) is 5.08. The molecule has 5 nitrogen and oxygen atoms in total. The van der Waals surface area contributed by atoms with Crippen molar-refractivity contribution in [2.75, 3.05) is 26.7 Å². The number of methoxy groups -OCH3 is 1. The predicted molar refractivity (Wildman–Crippen MR) is 72.0 cm³/mol. The van der Waals surface area contributed by atoms with Gasteiger partial charge in [-0.3, -0.25) is 0 Å². The average Bonchev–Trinajstić information content (AvgIpc) is 3.06. The van der Waals surface area contributed by atoms with Crippen LogP contribution in [0, 0.1) is 0 Å². The van der Waals surface area contributed by atoms with Crippen molar-refractivity contribution in [3.8, 4) is 0 Å². The Morgan fingerprint density at radius 2 is 2.26 bits per heavy atom. The summed E-state index contributed by atoms with van der Waals surface area (Å²) in [4.78, 5) is 13.8. The molecule has 0 radical (unpaired) electrons. The summed E-state index contributed by atoms with van der Waals surface area (Å²) in [6.45, 7) is 6.28. The highest BCUT2D eigenvalue weighted by Crippen LogP contribution is 2.10. The molecule has 1 fully saturated rings. The molecule has 0 bridgehead atoms. The van der Waals surface area contributed by atoms with Crippen molar-refractivity contribution in [1.82, 2.24) is 10.2 Å². The average molecular weight is 266 g/mol. The minimum Gasteiger partial charge on any atom is -0.467 e. The van der Waals surface area contributed by atoms with Gasteiger partial charge in [-0.25, -0.2) is 4.79 Å². The summed E-state index contributed by atoms with van der Waals surface area (Å²) in [6.07, 6.45) is 4.06. The van der Waals surface area contributed by atoms with Gasteiger partial charge in [-0.1, -0.05) is 0 Å². The first kappa shape index (κ1) is 14.1. The molecule has 5 heteroatoms. The second kappa shape index (κ2) is 6.73. The van der Waals surface area contributed by atoms with E-state index in [2.05, 4.69) is 21.9 Å². The third-order valence-electron chi connectivity index (χ3n) is 3.43.